The number of carbonyl (C=O) groups excluding carboxylic acids is 1. The summed E-state index contributed by atoms with van der Waals surface area (Å²) >= 11 is 5.06. The van der Waals surface area contributed by atoms with Crippen LogP contribution in [0.4, 0.5) is 4.79 Å². The molecule has 1 aliphatic heterocycles. The molecule has 198 valence electrons. The molecule has 3 heterocycles. The van der Waals surface area contributed by atoms with E-state index in [2.05, 4.69) is 31.2 Å². The SMILES string of the molecule is CC(C)(C)OC(=O)NC1CCC(CCn2cnc(=N)c3[nH]c(Sc4cc5c(cc4Br)OCO5)nc32)CC1. The number of hydrogen-bond acceptors (Lipinski definition) is 8. The Morgan fingerprint density at radius 2 is 2.00 bits per heavy atom. The lowest BCUT2D eigenvalue weighted by atomic mass is 9.84. The lowest BCUT2D eigenvalue weighted by Gasteiger charge is -2.30. The standard InChI is InChI=1S/C25H31BrN6O4S/c1-25(2,3)36-24(33)29-15-6-4-14(5-7-15)8-9-32-12-28-21(27)20-22(32)31-23(30-20)37-19-11-18-17(10-16(19)26)34-13-35-18/h10-12,14-15,27H,4-9,13H2,1-3H3,(H,29,33)(H,30,31). The number of ether oxygens (including phenoxy) is 3. The van der Waals surface area contributed by atoms with Crippen molar-refractivity contribution >= 4 is 44.9 Å². The number of halogens is 1. The molecule has 0 spiro atoms. The van der Waals surface area contributed by atoms with Crippen molar-refractivity contribution in [2.45, 2.75) is 81.1 Å². The van der Waals surface area contributed by atoms with Gasteiger partial charge in [-0.1, -0.05) is 11.8 Å². The molecule has 10 nitrogen and oxygen atoms in total. The van der Waals surface area contributed by atoms with E-state index in [-0.39, 0.29) is 24.4 Å². The number of alkyl carbamates (subject to hydrolysis) is 1. The van der Waals surface area contributed by atoms with Gasteiger partial charge in [-0.3, -0.25) is 5.41 Å². The number of hydrogen-bond donors (Lipinski definition) is 3. The highest BCUT2D eigenvalue weighted by Crippen LogP contribution is 2.42. The van der Waals surface area contributed by atoms with Crippen LogP contribution in [0.3, 0.4) is 0 Å². The van der Waals surface area contributed by atoms with Crippen molar-refractivity contribution in [3.05, 3.63) is 28.4 Å². The van der Waals surface area contributed by atoms with E-state index in [9.17, 15) is 4.79 Å². The van der Waals surface area contributed by atoms with E-state index in [1.54, 1.807) is 6.33 Å². The Morgan fingerprint density at radius 1 is 1.27 bits per heavy atom. The van der Waals surface area contributed by atoms with Gasteiger partial charge in [0.05, 0.1) is 6.33 Å². The van der Waals surface area contributed by atoms with Gasteiger partial charge in [0.15, 0.2) is 27.8 Å². The van der Waals surface area contributed by atoms with Crippen molar-refractivity contribution in [2.75, 3.05) is 6.79 Å². The summed E-state index contributed by atoms with van der Waals surface area (Å²) in [5.41, 5.74) is 1.02. The van der Waals surface area contributed by atoms with E-state index >= 15 is 0 Å². The van der Waals surface area contributed by atoms with Gasteiger partial charge in [0, 0.05) is 22.0 Å². The number of nitrogens with zero attached hydrogens (tertiary/aromatic N) is 3. The molecule has 2 aromatic heterocycles. The van der Waals surface area contributed by atoms with Crippen molar-refractivity contribution < 1.29 is 19.0 Å². The number of H-pyrrole nitrogens is 1. The minimum absolute atomic E-state index is 0.163. The van der Waals surface area contributed by atoms with E-state index in [1.165, 1.54) is 11.8 Å². The molecule has 3 aromatic rings. The molecule has 1 fully saturated rings. The summed E-state index contributed by atoms with van der Waals surface area (Å²) < 4.78 is 19.2. The molecule has 5 rings (SSSR count). The number of aromatic amines is 1. The average Bonchev–Trinajstić information content (AvgIpc) is 3.46. The molecule has 0 radical (unpaired) electrons. The largest absolute Gasteiger partial charge is 0.454 e. The summed E-state index contributed by atoms with van der Waals surface area (Å²) in [7, 11) is 0. The monoisotopic (exact) mass is 590 g/mol. The zero-order valence-electron chi connectivity index (χ0n) is 21.1. The molecule has 1 saturated carbocycles. The van der Waals surface area contributed by atoms with Gasteiger partial charge in [-0.25, -0.2) is 14.8 Å². The quantitative estimate of drug-likeness (QED) is 0.353. The van der Waals surface area contributed by atoms with Crippen molar-refractivity contribution in [1.29, 1.82) is 5.41 Å². The van der Waals surface area contributed by atoms with Crippen LogP contribution in [0.15, 0.2) is 33.0 Å². The summed E-state index contributed by atoms with van der Waals surface area (Å²) in [5.74, 6) is 1.98. The first kappa shape index (κ1) is 25.9. The lowest BCUT2D eigenvalue weighted by Crippen LogP contribution is -2.41. The van der Waals surface area contributed by atoms with Gasteiger partial charge in [0.1, 0.15) is 11.1 Å². The van der Waals surface area contributed by atoms with Gasteiger partial charge in [-0.2, -0.15) is 0 Å². The number of aromatic nitrogens is 4. The Morgan fingerprint density at radius 3 is 2.73 bits per heavy atom. The van der Waals surface area contributed by atoms with Crippen LogP contribution in [0.2, 0.25) is 0 Å². The van der Waals surface area contributed by atoms with Crippen molar-refractivity contribution in [2.24, 2.45) is 5.92 Å². The average molecular weight is 592 g/mol. The number of aryl methyl sites for hydroxylation is 1. The number of carbonyl (C=O) groups is 1. The molecule has 12 heteroatoms. The second kappa shape index (κ2) is 10.6. The van der Waals surface area contributed by atoms with E-state index in [4.69, 9.17) is 24.6 Å². The summed E-state index contributed by atoms with van der Waals surface area (Å²) in [6.45, 7) is 6.60. The predicted molar refractivity (Wildman–Crippen MR) is 142 cm³/mol. The number of fused-ring (bicyclic) bond motifs is 2. The third kappa shape index (κ3) is 6.23. The molecule has 0 bridgehead atoms. The summed E-state index contributed by atoms with van der Waals surface area (Å²) in [6.07, 6.45) is 6.34. The van der Waals surface area contributed by atoms with Crippen LogP contribution in [0.1, 0.15) is 52.9 Å². The van der Waals surface area contributed by atoms with Crippen LogP contribution in [0.5, 0.6) is 11.5 Å². The van der Waals surface area contributed by atoms with E-state index in [0.29, 0.717) is 28.1 Å². The molecule has 0 unspecified atom stereocenters. The molecular weight excluding hydrogens is 560 g/mol. The Labute approximate surface area is 227 Å². The fourth-order valence-electron chi connectivity index (χ4n) is 4.65. The maximum absolute atomic E-state index is 12.1. The Kier molecular flexibility index (Phi) is 7.39. The van der Waals surface area contributed by atoms with E-state index in [1.807, 2.05) is 37.5 Å². The van der Waals surface area contributed by atoms with Crippen molar-refractivity contribution in [1.82, 2.24) is 24.8 Å². The Hall–Kier alpha value is -2.73. The van der Waals surface area contributed by atoms with Crippen LogP contribution in [0.25, 0.3) is 11.2 Å². The van der Waals surface area contributed by atoms with Crippen LogP contribution in [-0.2, 0) is 11.3 Å². The first-order valence-corrected chi connectivity index (χ1v) is 14.0. The molecule has 1 amide bonds. The second-order valence-corrected chi connectivity index (χ2v) is 12.3. The number of benzene rings is 1. The molecular formula is C25H31BrN6O4S. The third-order valence-corrected chi connectivity index (χ3v) is 8.34. The number of imidazole rings is 1. The van der Waals surface area contributed by atoms with Gasteiger partial charge >= 0.3 is 6.09 Å². The second-order valence-electron chi connectivity index (χ2n) is 10.4. The lowest BCUT2D eigenvalue weighted by molar-refractivity contribution is 0.0486. The molecule has 1 aliphatic carbocycles. The van der Waals surface area contributed by atoms with Gasteiger partial charge in [-0.05, 0) is 86.9 Å². The summed E-state index contributed by atoms with van der Waals surface area (Å²) in [5, 5.41) is 11.9. The van der Waals surface area contributed by atoms with E-state index in [0.717, 1.165) is 53.7 Å². The van der Waals surface area contributed by atoms with Crippen LogP contribution in [-0.4, -0.2) is 44.0 Å². The Bertz CT molecular complexity index is 1360. The molecule has 3 N–H and O–H groups in total. The number of rotatable bonds is 6. The highest BCUT2D eigenvalue weighted by molar-refractivity contribution is 9.10. The van der Waals surface area contributed by atoms with Crippen LogP contribution >= 0.6 is 27.7 Å². The predicted octanol–water partition coefficient (Wildman–Crippen LogP) is 5.35. The minimum Gasteiger partial charge on any atom is -0.454 e. The summed E-state index contributed by atoms with van der Waals surface area (Å²) in [4.78, 5) is 25.3. The van der Waals surface area contributed by atoms with Gasteiger partial charge in [0.2, 0.25) is 6.79 Å². The zero-order chi connectivity index (χ0) is 26.2. The Balaban J connectivity index is 1.21. The first-order chi connectivity index (χ1) is 17.6. The fourth-order valence-corrected chi connectivity index (χ4v) is 6.03. The van der Waals surface area contributed by atoms with Crippen molar-refractivity contribution in [3.8, 4) is 11.5 Å². The van der Waals surface area contributed by atoms with Crippen molar-refractivity contribution in [3.63, 3.8) is 0 Å². The van der Waals surface area contributed by atoms with Gasteiger partial charge in [-0.15, -0.1) is 0 Å². The highest BCUT2D eigenvalue weighted by Gasteiger charge is 2.25. The highest BCUT2D eigenvalue weighted by atomic mass is 79.9. The van der Waals surface area contributed by atoms with E-state index < -0.39 is 5.60 Å². The molecule has 0 saturated heterocycles. The fraction of sp³-hybridized carbons (Fsp3) is 0.520. The zero-order valence-corrected chi connectivity index (χ0v) is 23.5. The third-order valence-electron chi connectivity index (χ3n) is 6.48. The van der Waals surface area contributed by atoms with Gasteiger partial charge < -0.3 is 29.1 Å². The smallest absolute Gasteiger partial charge is 0.407 e. The molecule has 1 aromatic carbocycles. The molecule has 0 atom stereocenters. The number of amides is 1. The topological polar surface area (TPSA) is 127 Å². The maximum atomic E-state index is 12.1. The first-order valence-electron chi connectivity index (χ1n) is 12.4. The maximum Gasteiger partial charge on any atom is 0.407 e. The van der Waals surface area contributed by atoms with Crippen LogP contribution in [0, 0.1) is 11.3 Å². The molecule has 2 aliphatic rings. The minimum atomic E-state index is -0.488. The number of nitrogens with one attached hydrogen (secondary N) is 3. The summed E-state index contributed by atoms with van der Waals surface area (Å²) in [6, 6.07) is 3.98. The normalized spacial score (nSPS) is 19.2. The molecule has 37 heavy (non-hydrogen) atoms. The van der Waals surface area contributed by atoms with Crippen LogP contribution < -0.4 is 20.3 Å². The van der Waals surface area contributed by atoms with Gasteiger partial charge in [0.25, 0.3) is 0 Å².